The van der Waals surface area contributed by atoms with Crippen LogP contribution in [0.5, 0.6) is 0 Å². The van der Waals surface area contributed by atoms with E-state index in [1.54, 1.807) is 16.7 Å². The van der Waals surface area contributed by atoms with Gasteiger partial charge in [0.05, 0.1) is 17.0 Å². The van der Waals surface area contributed by atoms with E-state index < -0.39 is 10.0 Å². The van der Waals surface area contributed by atoms with Gasteiger partial charge in [-0.15, -0.1) is 0 Å². The van der Waals surface area contributed by atoms with Gasteiger partial charge >= 0.3 is 0 Å². The zero-order valence-electron chi connectivity index (χ0n) is 21.5. The van der Waals surface area contributed by atoms with Crippen LogP contribution in [0.3, 0.4) is 0 Å². The number of anilines is 2. The molecule has 0 bridgehead atoms. The van der Waals surface area contributed by atoms with Gasteiger partial charge in [0.2, 0.25) is 10.0 Å². The fourth-order valence-electron chi connectivity index (χ4n) is 4.72. The number of pyridine rings is 1. The summed E-state index contributed by atoms with van der Waals surface area (Å²) in [7, 11) is -1.38. The van der Waals surface area contributed by atoms with Gasteiger partial charge in [-0.2, -0.15) is 9.57 Å². The summed E-state index contributed by atoms with van der Waals surface area (Å²) in [6, 6.07) is 15.8. The molecule has 5 rings (SSSR count). The van der Waals surface area contributed by atoms with Crippen LogP contribution in [0, 0.1) is 18.3 Å². The van der Waals surface area contributed by atoms with Crippen molar-refractivity contribution in [2.75, 3.05) is 38.5 Å². The van der Waals surface area contributed by atoms with Crippen LogP contribution in [0.2, 0.25) is 0 Å². The molecule has 8 nitrogen and oxygen atoms in total. The Morgan fingerprint density at radius 2 is 1.92 bits per heavy atom. The lowest BCUT2D eigenvalue weighted by molar-refractivity contribution is 0.222. The highest BCUT2D eigenvalue weighted by atomic mass is 32.2. The molecule has 9 heteroatoms. The smallest absolute Gasteiger partial charge is 0.218 e. The molecule has 0 amide bonds. The van der Waals surface area contributed by atoms with Gasteiger partial charge in [0.1, 0.15) is 6.07 Å². The summed E-state index contributed by atoms with van der Waals surface area (Å²) in [6.45, 7) is 4.57. The SMILES string of the molecule is Cc1c(Nc2c(C#N)cncc2/C=C/c2cccc(CS(=O)(=O)N3CCN(C)CC3)c2)ccc2[nH]ccc12. The molecule has 2 aromatic carbocycles. The van der Waals surface area contributed by atoms with Gasteiger partial charge in [0.15, 0.2) is 0 Å². The number of benzene rings is 2. The van der Waals surface area contributed by atoms with Gasteiger partial charge in [0, 0.05) is 66.9 Å². The van der Waals surface area contributed by atoms with Crippen molar-refractivity contribution in [2.45, 2.75) is 12.7 Å². The van der Waals surface area contributed by atoms with E-state index in [9.17, 15) is 13.7 Å². The molecule has 0 atom stereocenters. The highest BCUT2D eigenvalue weighted by molar-refractivity contribution is 7.88. The first kappa shape index (κ1) is 25.7. The second-order valence-electron chi connectivity index (χ2n) is 9.60. The molecule has 0 radical (unpaired) electrons. The van der Waals surface area contributed by atoms with Gasteiger partial charge in [-0.3, -0.25) is 4.98 Å². The van der Waals surface area contributed by atoms with E-state index in [0.717, 1.165) is 51.9 Å². The zero-order valence-corrected chi connectivity index (χ0v) is 22.3. The van der Waals surface area contributed by atoms with Crippen molar-refractivity contribution >= 4 is 44.5 Å². The normalized spacial score (nSPS) is 15.2. The first-order valence-corrected chi connectivity index (χ1v) is 14.1. The van der Waals surface area contributed by atoms with Gasteiger partial charge in [-0.1, -0.05) is 36.4 Å². The molecule has 38 heavy (non-hydrogen) atoms. The minimum absolute atomic E-state index is 0.0302. The largest absolute Gasteiger partial charge is 0.361 e. The number of nitriles is 1. The van der Waals surface area contributed by atoms with Gasteiger partial charge in [-0.25, -0.2) is 8.42 Å². The molecular formula is C29H30N6O2S. The molecule has 0 unspecified atom stereocenters. The highest BCUT2D eigenvalue weighted by Gasteiger charge is 2.25. The molecule has 2 N–H and O–H groups in total. The van der Waals surface area contributed by atoms with E-state index in [0.29, 0.717) is 24.3 Å². The van der Waals surface area contributed by atoms with E-state index in [2.05, 4.69) is 26.3 Å². The molecule has 1 aliphatic heterocycles. The second kappa shape index (κ2) is 10.8. The van der Waals surface area contributed by atoms with Crippen molar-refractivity contribution in [3.05, 3.63) is 88.9 Å². The van der Waals surface area contributed by atoms with E-state index in [1.807, 2.05) is 74.8 Å². The Kier molecular flexibility index (Phi) is 7.29. The molecule has 0 saturated carbocycles. The molecular weight excluding hydrogens is 496 g/mol. The quantitative estimate of drug-likeness (QED) is 0.361. The molecule has 2 aromatic heterocycles. The first-order valence-electron chi connectivity index (χ1n) is 12.5. The Bertz CT molecular complexity index is 1640. The van der Waals surface area contributed by atoms with Crippen LogP contribution >= 0.6 is 0 Å². The Balaban J connectivity index is 1.39. The number of nitrogens with zero attached hydrogens (tertiary/aromatic N) is 4. The van der Waals surface area contributed by atoms with E-state index >= 15 is 0 Å². The van der Waals surface area contributed by atoms with Crippen LogP contribution < -0.4 is 5.32 Å². The average molecular weight is 527 g/mol. The predicted octanol–water partition coefficient (Wildman–Crippen LogP) is 4.73. The van der Waals surface area contributed by atoms with Gasteiger partial charge in [-0.05, 0) is 48.9 Å². The van der Waals surface area contributed by atoms with Crippen LogP contribution in [-0.4, -0.2) is 60.8 Å². The van der Waals surface area contributed by atoms with Crippen molar-refractivity contribution in [1.82, 2.24) is 19.2 Å². The number of piperazine rings is 1. The summed E-state index contributed by atoms with van der Waals surface area (Å²) in [6.07, 6.45) is 8.98. The Morgan fingerprint density at radius 3 is 2.71 bits per heavy atom. The van der Waals surface area contributed by atoms with Crippen LogP contribution in [0.25, 0.3) is 23.1 Å². The van der Waals surface area contributed by atoms with Crippen molar-refractivity contribution < 1.29 is 8.42 Å². The van der Waals surface area contributed by atoms with Crippen LogP contribution in [0.1, 0.15) is 27.8 Å². The lowest BCUT2D eigenvalue weighted by Gasteiger charge is -2.31. The minimum atomic E-state index is -3.39. The van der Waals surface area contributed by atoms with Gasteiger partial charge in [0.25, 0.3) is 0 Å². The number of aromatic nitrogens is 2. The van der Waals surface area contributed by atoms with Crippen LogP contribution in [-0.2, 0) is 15.8 Å². The van der Waals surface area contributed by atoms with Gasteiger partial charge < -0.3 is 15.2 Å². The predicted molar refractivity (Wildman–Crippen MR) is 152 cm³/mol. The Labute approximate surface area is 223 Å². The summed E-state index contributed by atoms with van der Waals surface area (Å²) >= 11 is 0. The fourth-order valence-corrected chi connectivity index (χ4v) is 6.23. The molecule has 1 aliphatic rings. The van der Waals surface area contributed by atoms with Crippen molar-refractivity contribution in [1.29, 1.82) is 5.26 Å². The third-order valence-corrected chi connectivity index (χ3v) is 8.82. The lowest BCUT2D eigenvalue weighted by Crippen LogP contribution is -2.47. The number of aromatic amines is 1. The number of H-pyrrole nitrogens is 1. The number of hydrogen-bond acceptors (Lipinski definition) is 6. The summed E-state index contributed by atoms with van der Waals surface area (Å²) in [4.78, 5) is 9.60. The summed E-state index contributed by atoms with van der Waals surface area (Å²) in [5.74, 6) is -0.0302. The maximum absolute atomic E-state index is 13.0. The number of aryl methyl sites for hydroxylation is 1. The molecule has 0 aliphatic carbocycles. The standard InChI is InChI=1S/C29H30N6O2S/c1-21-26-10-11-32-28(26)9-8-27(21)33-29-24(18-31-19-25(29)17-30)7-6-22-4-3-5-23(16-22)20-38(36,37)35-14-12-34(2)13-15-35/h3-11,16,18-19,32H,12-15,20H2,1-2H3,(H,31,33)/b7-6+. The number of rotatable bonds is 7. The second-order valence-corrected chi connectivity index (χ2v) is 11.6. The number of nitrogens with one attached hydrogen (secondary N) is 2. The average Bonchev–Trinajstić information content (AvgIpc) is 3.39. The summed E-state index contributed by atoms with van der Waals surface area (Å²) in [5.41, 5.74) is 6.52. The molecule has 1 fully saturated rings. The minimum Gasteiger partial charge on any atom is -0.361 e. The molecule has 4 aromatic rings. The van der Waals surface area contributed by atoms with E-state index in [4.69, 9.17) is 0 Å². The molecule has 0 spiro atoms. The topological polar surface area (TPSA) is 105 Å². The number of likely N-dealkylation sites (N-methyl/N-ethyl adjacent to an activating group) is 1. The van der Waals surface area contributed by atoms with Crippen molar-refractivity contribution in [3.63, 3.8) is 0 Å². The van der Waals surface area contributed by atoms with Crippen molar-refractivity contribution in [3.8, 4) is 6.07 Å². The highest BCUT2D eigenvalue weighted by Crippen LogP contribution is 2.31. The monoisotopic (exact) mass is 526 g/mol. The zero-order chi connectivity index (χ0) is 26.7. The number of sulfonamides is 1. The van der Waals surface area contributed by atoms with Crippen LogP contribution in [0.4, 0.5) is 11.4 Å². The number of fused-ring (bicyclic) bond motifs is 1. The summed E-state index contributed by atoms with van der Waals surface area (Å²) < 4.78 is 27.5. The third kappa shape index (κ3) is 5.48. The third-order valence-electron chi connectivity index (χ3n) is 6.97. The van der Waals surface area contributed by atoms with E-state index in [-0.39, 0.29) is 5.75 Å². The molecule has 3 heterocycles. The summed E-state index contributed by atoms with van der Waals surface area (Å²) in [5, 5.41) is 14.3. The van der Waals surface area contributed by atoms with Crippen molar-refractivity contribution in [2.24, 2.45) is 0 Å². The Morgan fingerprint density at radius 1 is 1.11 bits per heavy atom. The lowest BCUT2D eigenvalue weighted by atomic mass is 10.1. The maximum Gasteiger partial charge on any atom is 0.218 e. The van der Waals surface area contributed by atoms with E-state index in [1.165, 1.54) is 0 Å². The molecule has 1 saturated heterocycles. The first-order chi connectivity index (χ1) is 18.3. The maximum atomic E-state index is 13.0. The fraction of sp³-hybridized carbons (Fsp3) is 0.241. The Hall–Kier alpha value is -3.97. The number of hydrogen-bond donors (Lipinski definition) is 2. The molecule has 194 valence electrons. The van der Waals surface area contributed by atoms with Crippen LogP contribution in [0.15, 0.2) is 61.1 Å².